The molecule has 0 spiro atoms. The van der Waals surface area contributed by atoms with Gasteiger partial charge in [0.2, 0.25) is 15.9 Å². The molecule has 1 saturated heterocycles. The number of carbonyl (C=O) groups is 1. The molecule has 6 nitrogen and oxygen atoms in total. The Bertz CT molecular complexity index is 704. The summed E-state index contributed by atoms with van der Waals surface area (Å²) in [6, 6.07) is 6.40. The number of nitrogens with one attached hydrogen (secondary N) is 2. The van der Waals surface area contributed by atoms with Crippen LogP contribution in [0.25, 0.3) is 0 Å². The molecule has 126 valence electrons. The van der Waals surface area contributed by atoms with Gasteiger partial charge in [-0.1, -0.05) is 25.0 Å². The van der Waals surface area contributed by atoms with Crippen LogP contribution in [0.5, 0.6) is 0 Å². The maximum absolute atomic E-state index is 12.8. The van der Waals surface area contributed by atoms with E-state index in [0.717, 1.165) is 37.9 Å². The highest BCUT2D eigenvalue weighted by Gasteiger charge is 2.49. The van der Waals surface area contributed by atoms with E-state index in [9.17, 15) is 13.2 Å². The van der Waals surface area contributed by atoms with Gasteiger partial charge in [-0.2, -0.15) is 0 Å². The van der Waals surface area contributed by atoms with Gasteiger partial charge in [0.05, 0.1) is 10.3 Å². The van der Waals surface area contributed by atoms with Crippen molar-refractivity contribution in [3.05, 3.63) is 29.8 Å². The molecule has 1 aromatic carbocycles. The molecule has 0 radical (unpaired) electrons. The SMILES string of the molecule is NS(=O)(=O)c1cccc(CNC(=O)[C@@]23CCCC[C@H]2CNC3)c1. The summed E-state index contributed by atoms with van der Waals surface area (Å²) in [5, 5.41) is 11.5. The molecule has 1 amide bonds. The largest absolute Gasteiger partial charge is 0.351 e. The lowest BCUT2D eigenvalue weighted by atomic mass is 9.67. The molecule has 2 fully saturated rings. The smallest absolute Gasteiger partial charge is 0.238 e. The number of carbonyl (C=O) groups excluding carboxylic acids is 1. The van der Waals surface area contributed by atoms with E-state index in [1.807, 2.05) is 0 Å². The molecular formula is C16H23N3O3S. The van der Waals surface area contributed by atoms with Crippen LogP contribution in [0.2, 0.25) is 0 Å². The van der Waals surface area contributed by atoms with Gasteiger partial charge in [-0.05, 0) is 43.0 Å². The van der Waals surface area contributed by atoms with Crippen molar-refractivity contribution in [2.45, 2.75) is 37.1 Å². The summed E-state index contributed by atoms with van der Waals surface area (Å²) < 4.78 is 22.8. The first-order valence-corrected chi connectivity index (χ1v) is 9.57. The summed E-state index contributed by atoms with van der Waals surface area (Å²) in [4.78, 5) is 12.8. The molecule has 0 unspecified atom stereocenters. The van der Waals surface area contributed by atoms with Gasteiger partial charge in [-0.25, -0.2) is 13.6 Å². The van der Waals surface area contributed by atoms with E-state index in [1.165, 1.54) is 18.6 Å². The van der Waals surface area contributed by atoms with Crippen LogP contribution in [-0.2, 0) is 21.4 Å². The lowest BCUT2D eigenvalue weighted by molar-refractivity contribution is -0.134. The highest BCUT2D eigenvalue weighted by molar-refractivity contribution is 7.89. The van der Waals surface area contributed by atoms with Crippen molar-refractivity contribution in [3.8, 4) is 0 Å². The van der Waals surface area contributed by atoms with E-state index in [4.69, 9.17) is 5.14 Å². The van der Waals surface area contributed by atoms with Crippen LogP contribution in [-0.4, -0.2) is 27.4 Å². The number of rotatable bonds is 4. The van der Waals surface area contributed by atoms with Gasteiger partial charge in [-0.3, -0.25) is 4.79 Å². The van der Waals surface area contributed by atoms with Crippen molar-refractivity contribution < 1.29 is 13.2 Å². The zero-order chi connectivity index (χ0) is 16.5. The fourth-order valence-electron chi connectivity index (χ4n) is 3.88. The fraction of sp³-hybridized carbons (Fsp3) is 0.562. The lowest BCUT2D eigenvalue weighted by Crippen LogP contribution is -2.47. The van der Waals surface area contributed by atoms with Crippen molar-refractivity contribution in [3.63, 3.8) is 0 Å². The van der Waals surface area contributed by atoms with E-state index in [1.54, 1.807) is 12.1 Å². The molecule has 0 aromatic heterocycles. The normalized spacial score (nSPS) is 27.4. The summed E-state index contributed by atoms with van der Waals surface area (Å²) in [6.45, 7) is 1.96. The Morgan fingerprint density at radius 1 is 1.39 bits per heavy atom. The maximum Gasteiger partial charge on any atom is 0.238 e. The third-order valence-electron chi connectivity index (χ3n) is 5.17. The second kappa shape index (κ2) is 6.22. The van der Waals surface area contributed by atoms with Gasteiger partial charge in [0, 0.05) is 13.1 Å². The third kappa shape index (κ3) is 3.27. The van der Waals surface area contributed by atoms with Crippen molar-refractivity contribution >= 4 is 15.9 Å². The molecule has 3 rings (SSSR count). The number of hydrogen-bond donors (Lipinski definition) is 3. The number of sulfonamides is 1. The Hall–Kier alpha value is -1.44. The molecule has 2 aliphatic rings. The second-order valence-electron chi connectivity index (χ2n) is 6.60. The Morgan fingerprint density at radius 3 is 3.00 bits per heavy atom. The Labute approximate surface area is 136 Å². The first-order valence-electron chi connectivity index (χ1n) is 8.03. The molecule has 1 aromatic rings. The van der Waals surface area contributed by atoms with Crippen LogP contribution in [0.3, 0.4) is 0 Å². The molecule has 1 aliphatic heterocycles. The monoisotopic (exact) mass is 337 g/mol. The third-order valence-corrected chi connectivity index (χ3v) is 6.08. The first kappa shape index (κ1) is 16.4. The molecule has 1 aliphatic carbocycles. The molecule has 4 N–H and O–H groups in total. The summed E-state index contributed by atoms with van der Waals surface area (Å²) in [6.07, 6.45) is 4.30. The van der Waals surface area contributed by atoms with Gasteiger partial charge in [0.25, 0.3) is 0 Å². The summed E-state index contributed by atoms with van der Waals surface area (Å²) in [7, 11) is -3.72. The zero-order valence-electron chi connectivity index (χ0n) is 13.0. The van der Waals surface area contributed by atoms with Gasteiger partial charge in [-0.15, -0.1) is 0 Å². The van der Waals surface area contributed by atoms with Crippen LogP contribution >= 0.6 is 0 Å². The van der Waals surface area contributed by atoms with Crippen LogP contribution < -0.4 is 15.8 Å². The Morgan fingerprint density at radius 2 is 2.22 bits per heavy atom. The zero-order valence-corrected chi connectivity index (χ0v) is 13.9. The van der Waals surface area contributed by atoms with Crippen molar-refractivity contribution in [1.82, 2.24) is 10.6 Å². The average molecular weight is 337 g/mol. The molecular weight excluding hydrogens is 314 g/mol. The van der Waals surface area contributed by atoms with Gasteiger partial charge >= 0.3 is 0 Å². The van der Waals surface area contributed by atoms with Crippen molar-refractivity contribution in [2.24, 2.45) is 16.5 Å². The minimum atomic E-state index is -3.72. The Balaban J connectivity index is 1.70. The standard InChI is InChI=1S/C16H23N3O3S/c17-23(21,22)14-6-3-4-12(8-14)9-19-15(20)16-7-2-1-5-13(16)10-18-11-16/h3-4,6,8,13,18H,1-2,5,7,9-11H2,(H,19,20)(H2,17,21,22)/t13-,16+/m0/s1. The molecule has 7 heteroatoms. The molecule has 2 atom stereocenters. The highest BCUT2D eigenvalue weighted by atomic mass is 32.2. The van der Waals surface area contributed by atoms with Gasteiger partial charge < -0.3 is 10.6 Å². The van der Waals surface area contributed by atoms with E-state index in [2.05, 4.69) is 10.6 Å². The van der Waals surface area contributed by atoms with Gasteiger partial charge in [0.15, 0.2) is 0 Å². The molecule has 1 heterocycles. The van der Waals surface area contributed by atoms with Gasteiger partial charge in [0.1, 0.15) is 0 Å². The number of nitrogens with two attached hydrogens (primary N) is 1. The summed E-state index contributed by atoms with van der Waals surface area (Å²) >= 11 is 0. The highest BCUT2D eigenvalue weighted by Crippen LogP contribution is 2.43. The van der Waals surface area contributed by atoms with E-state index in [0.29, 0.717) is 12.5 Å². The summed E-state index contributed by atoms with van der Waals surface area (Å²) in [5.41, 5.74) is 0.440. The molecule has 1 saturated carbocycles. The van der Waals surface area contributed by atoms with Crippen LogP contribution in [0.1, 0.15) is 31.2 Å². The van der Waals surface area contributed by atoms with Crippen molar-refractivity contribution in [1.29, 1.82) is 0 Å². The topological polar surface area (TPSA) is 101 Å². The number of amides is 1. The van der Waals surface area contributed by atoms with E-state index < -0.39 is 10.0 Å². The second-order valence-corrected chi connectivity index (χ2v) is 8.17. The van der Waals surface area contributed by atoms with Crippen molar-refractivity contribution in [2.75, 3.05) is 13.1 Å². The van der Waals surface area contributed by atoms with E-state index >= 15 is 0 Å². The average Bonchev–Trinajstić information content (AvgIpc) is 2.97. The van der Waals surface area contributed by atoms with E-state index in [-0.39, 0.29) is 16.2 Å². The summed E-state index contributed by atoms with van der Waals surface area (Å²) in [5.74, 6) is 0.486. The fourth-order valence-corrected chi connectivity index (χ4v) is 4.47. The number of benzene rings is 1. The quantitative estimate of drug-likeness (QED) is 0.754. The Kier molecular flexibility index (Phi) is 4.44. The molecule has 0 bridgehead atoms. The maximum atomic E-state index is 12.8. The number of fused-ring (bicyclic) bond motifs is 1. The van der Waals surface area contributed by atoms with Crippen LogP contribution in [0, 0.1) is 11.3 Å². The minimum absolute atomic E-state index is 0.0699. The van der Waals surface area contributed by atoms with Crippen LogP contribution in [0.4, 0.5) is 0 Å². The minimum Gasteiger partial charge on any atom is -0.351 e. The lowest BCUT2D eigenvalue weighted by Gasteiger charge is -2.37. The number of hydrogen-bond acceptors (Lipinski definition) is 4. The predicted octanol–water partition coefficient (Wildman–Crippen LogP) is 0.730. The first-order chi connectivity index (χ1) is 10.9. The van der Waals surface area contributed by atoms with Crippen LogP contribution in [0.15, 0.2) is 29.2 Å². The predicted molar refractivity (Wildman–Crippen MR) is 86.9 cm³/mol. The molecule has 23 heavy (non-hydrogen) atoms. The number of primary sulfonamides is 1.